The lowest BCUT2D eigenvalue weighted by Crippen LogP contribution is -2.47. The van der Waals surface area contributed by atoms with Gasteiger partial charge in [0.25, 0.3) is 10.0 Å². The van der Waals surface area contributed by atoms with Gasteiger partial charge in [0, 0.05) is 31.9 Å². The van der Waals surface area contributed by atoms with Crippen molar-refractivity contribution in [1.82, 2.24) is 0 Å². The van der Waals surface area contributed by atoms with Crippen molar-refractivity contribution < 1.29 is 27.8 Å². The van der Waals surface area contributed by atoms with Crippen molar-refractivity contribution in [2.24, 2.45) is 0 Å². The molecule has 3 aromatic rings. The van der Waals surface area contributed by atoms with E-state index in [1.54, 1.807) is 31.4 Å². The van der Waals surface area contributed by atoms with Crippen LogP contribution in [0.15, 0.2) is 71.6 Å². The summed E-state index contributed by atoms with van der Waals surface area (Å²) < 4.78 is 38.5. The van der Waals surface area contributed by atoms with Crippen LogP contribution in [-0.2, 0) is 10.0 Å². The number of carbonyl (C=O) groups is 1. The molecule has 0 aliphatic carbocycles. The van der Waals surface area contributed by atoms with Gasteiger partial charge in [-0.15, -0.1) is 0 Å². The summed E-state index contributed by atoms with van der Waals surface area (Å²) in [6.07, 6.45) is 0. The molecule has 184 valence electrons. The Morgan fingerprint density at radius 3 is 2.09 bits per heavy atom. The zero-order valence-electron chi connectivity index (χ0n) is 19.5. The average Bonchev–Trinajstić information content (AvgIpc) is 2.88. The maximum Gasteiger partial charge on any atom is 0.337 e. The van der Waals surface area contributed by atoms with Crippen molar-refractivity contribution in [2.75, 3.05) is 54.9 Å². The standard InChI is InChI=1S/C25H27N3O6S/c1-33-19-8-10-20(11-9-19)35(31,32)26-18-7-12-22(21(17-18)25(29)30)27-13-15-28(16-14-27)23-5-3-4-6-24(23)34-2/h3-12,17,26H,13-16H2,1-2H3,(H,29,30). The van der Waals surface area contributed by atoms with E-state index in [9.17, 15) is 18.3 Å². The van der Waals surface area contributed by atoms with E-state index in [-0.39, 0.29) is 16.1 Å². The molecule has 0 radical (unpaired) electrons. The minimum absolute atomic E-state index is 0.0330. The van der Waals surface area contributed by atoms with Gasteiger partial charge in [0.2, 0.25) is 0 Å². The summed E-state index contributed by atoms with van der Waals surface area (Å²) in [5.41, 5.74) is 1.75. The van der Waals surface area contributed by atoms with E-state index < -0.39 is 16.0 Å². The maximum absolute atomic E-state index is 12.8. The van der Waals surface area contributed by atoms with Crippen molar-refractivity contribution in [3.63, 3.8) is 0 Å². The van der Waals surface area contributed by atoms with Gasteiger partial charge >= 0.3 is 5.97 Å². The molecule has 0 bridgehead atoms. The van der Waals surface area contributed by atoms with E-state index in [0.717, 1.165) is 11.4 Å². The Kier molecular flexibility index (Phi) is 7.02. The van der Waals surface area contributed by atoms with E-state index in [2.05, 4.69) is 9.62 Å². The van der Waals surface area contributed by atoms with Crippen LogP contribution < -0.4 is 24.0 Å². The zero-order chi connectivity index (χ0) is 25.0. The second-order valence-electron chi connectivity index (χ2n) is 7.96. The van der Waals surface area contributed by atoms with Gasteiger partial charge in [-0.05, 0) is 54.6 Å². The number of ether oxygens (including phenoxy) is 2. The summed E-state index contributed by atoms with van der Waals surface area (Å²) in [5, 5.41) is 9.85. The molecule has 1 heterocycles. The molecule has 10 heteroatoms. The van der Waals surface area contributed by atoms with Gasteiger partial charge in [0.1, 0.15) is 11.5 Å². The number of carboxylic acids is 1. The molecule has 9 nitrogen and oxygen atoms in total. The molecule has 1 fully saturated rings. The first-order valence-corrected chi connectivity index (χ1v) is 12.5. The van der Waals surface area contributed by atoms with Gasteiger partial charge in [-0.2, -0.15) is 0 Å². The van der Waals surface area contributed by atoms with E-state index >= 15 is 0 Å². The molecule has 4 rings (SSSR count). The number of carboxylic acid groups (broad SMARTS) is 1. The normalized spacial score (nSPS) is 13.9. The number of aromatic carboxylic acids is 1. The van der Waals surface area contributed by atoms with E-state index in [1.165, 1.54) is 25.3 Å². The first kappa shape index (κ1) is 24.2. The Balaban J connectivity index is 1.51. The third-order valence-electron chi connectivity index (χ3n) is 5.90. The molecule has 1 saturated heterocycles. The highest BCUT2D eigenvalue weighted by atomic mass is 32.2. The molecule has 1 aliphatic heterocycles. The Morgan fingerprint density at radius 2 is 1.49 bits per heavy atom. The Hall–Kier alpha value is -3.92. The third kappa shape index (κ3) is 5.27. The van der Waals surface area contributed by atoms with Crippen LogP contribution in [0.25, 0.3) is 0 Å². The molecule has 1 aliphatic rings. The summed E-state index contributed by atoms with van der Waals surface area (Å²) in [4.78, 5) is 16.3. The second-order valence-corrected chi connectivity index (χ2v) is 9.65. The number of rotatable bonds is 8. The van der Waals surface area contributed by atoms with Crippen LogP contribution in [-0.4, -0.2) is 59.9 Å². The van der Waals surface area contributed by atoms with Crippen LogP contribution >= 0.6 is 0 Å². The van der Waals surface area contributed by atoms with Gasteiger partial charge in [0.15, 0.2) is 0 Å². The van der Waals surface area contributed by atoms with Crippen LogP contribution in [0.3, 0.4) is 0 Å². The molecule has 0 amide bonds. The highest BCUT2D eigenvalue weighted by molar-refractivity contribution is 7.92. The summed E-state index contributed by atoms with van der Waals surface area (Å²) in [6, 6.07) is 18.3. The van der Waals surface area contributed by atoms with Gasteiger partial charge in [-0.3, -0.25) is 4.72 Å². The van der Waals surface area contributed by atoms with Gasteiger partial charge in [-0.1, -0.05) is 12.1 Å². The summed E-state index contributed by atoms with van der Waals surface area (Å²) >= 11 is 0. The molecular formula is C25H27N3O6S. The maximum atomic E-state index is 12.8. The van der Waals surface area contributed by atoms with Crippen molar-refractivity contribution in [3.8, 4) is 11.5 Å². The topological polar surface area (TPSA) is 108 Å². The van der Waals surface area contributed by atoms with Crippen LogP contribution in [0.2, 0.25) is 0 Å². The van der Waals surface area contributed by atoms with Gasteiger partial charge in [0.05, 0.1) is 36.1 Å². The van der Waals surface area contributed by atoms with Crippen molar-refractivity contribution in [3.05, 3.63) is 72.3 Å². The van der Waals surface area contributed by atoms with Crippen LogP contribution in [0.1, 0.15) is 10.4 Å². The highest BCUT2D eigenvalue weighted by Gasteiger charge is 2.24. The fourth-order valence-electron chi connectivity index (χ4n) is 4.09. The largest absolute Gasteiger partial charge is 0.497 e. The smallest absolute Gasteiger partial charge is 0.337 e. The molecule has 3 aromatic carbocycles. The number of piperazine rings is 1. The molecule has 2 N–H and O–H groups in total. The van der Waals surface area contributed by atoms with Crippen molar-refractivity contribution >= 4 is 33.1 Å². The third-order valence-corrected chi connectivity index (χ3v) is 7.29. The van der Waals surface area contributed by atoms with E-state index in [4.69, 9.17) is 9.47 Å². The number of hydrogen-bond acceptors (Lipinski definition) is 7. The minimum atomic E-state index is -3.89. The lowest BCUT2D eigenvalue weighted by atomic mass is 10.1. The second kappa shape index (κ2) is 10.1. The summed E-state index contributed by atoms with van der Waals surface area (Å²) in [5.74, 6) is 0.200. The number of nitrogens with one attached hydrogen (secondary N) is 1. The van der Waals surface area contributed by atoms with Crippen LogP contribution in [0.4, 0.5) is 17.1 Å². The molecular weight excluding hydrogens is 470 g/mol. The van der Waals surface area contributed by atoms with E-state index in [0.29, 0.717) is 37.6 Å². The molecule has 0 unspecified atom stereocenters. The quantitative estimate of drug-likeness (QED) is 0.487. The molecule has 0 aromatic heterocycles. The molecule has 0 saturated carbocycles. The zero-order valence-corrected chi connectivity index (χ0v) is 20.3. The number of para-hydroxylation sites is 2. The molecule has 0 atom stereocenters. The summed E-state index contributed by atoms with van der Waals surface area (Å²) in [7, 11) is -0.761. The van der Waals surface area contributed by atoms with Crippen molar-refractivity contribution in [2.45, 2.75) is 4.90 Å². The lowest BCUT2D eigenvalue weighted by Gasteiger charge is -2.38. The first-order chi connectivity index (χ1) is 16.8. The number of sulfonamides is 1. The number of nitrogens with zero attached hydrogens (tertiary/aromatic N) is 2. The predicted octanol–water partition coefficient (Wildman–Crippen LogP) is 3.53. The SMILES string of the molecule is COc1ccc(S(=O)(=O)Nc2ccc(N3CCN(c4ccccc4OC)CC3)c(C(=O)O)c2)cc1. The average molecular weight is 498 g/mol. The van der Waals surface area contributed by atoms with Gasteiger partial charge < -0.3 is 24.4 Å². The van der Waals surface area contributed by atoms with Crippen LogP contribution in [0, 0.1) is 0 Å². The summed E-state index contributed by atoms with van der Waals surface area (Å²) in [6.45, 7) is 2.58. The van der Waals surface area contributed by atoms with Crippen molar-refractivity contribution in [1.29, 1.82) is 0 Å². The number of methoxy groups -OCH3 is 2. The number of benzene rings is 3. The monoisotopic (exact) mass is 497 g/mol. The number of anilines is 3. The first-order valence-electron chi connectivity index (χ1n) is 11.0. The minimum Gasteiger partial charge on any atom is -0.497 e. The Bertz CT molecular complexity index is 1300. The fraction of sp³-hybridized carbons (Fsp3) is 0.240. The number of hydrogen-bond donors (Lipinski definition) is 2. The molecule has 35 heavy (non-hydrogen) atoms. The Morgan fingerprint density at radius 1 is 0.857 bits per heavy atom. The Labute approximate surface area is 204 Å². The predicted molar refractivity (Wildman–Crippen MR) is 135 cm³/mol. The highest BCUT2D eigenvalue weighted by Crippen LogP contribution is 2.31. The molecule has 0 spiro atoms. The fourth-order valence-corrected chi connectivity index (χ4v) is 5.14. The van der Waals surface area contributed by atoms with E-state index in [1.807, 2.05) is 29.2 Å². The van der Waals surface area contributed by atoms with Crippen LogP contribution in [0.5, 0.6) is 11.5 Å². The lowest BCUT2D eigenvalue weighted by molar-refractivity contribution is 0.0697. The van der Waals surface area contributed by atoms with Gasteiger partial charge in [-0.25, -0.2) is 13.2 Å².